The first-order chi connectivity index (χ1) is 13.9. The highest BCUT2D eigenvalue weighted by molar-refractivity contribution is 5.69. The van der Waals surface area contributed by atoms with Crippen molar-refractivity contribution >= 4 is 12.4 Å². The first-order valence-electron chi connectivity index (χ1n) is 9.45. The van der Waals surface area contributed by atoms with Crippen LogP contribution in [0.2, 0.25) is 0 Å². The zero-order valence-electron chi connectivity index (χ0n) is 15.3. The van der Waals surface area contributed by atoms with Gasteiger partial charge in [0.05, 0.1) is 0 Å². The van der Waals surface area contributed by atoms with Gasteiger partial charge >= 0.3 is 0 Å². The summed E-state index contributed by atoms with van der Waals surface area (Å²) < 4.78 is 12.4. The lowest BCUT2D eigenvalue weighted by Gasteiger charge is -2.19. The molecule has 0 radical (unpaired) electrons. The van der Waals surface area contributed by atoms with Crippen molar-refractivity contribution in [1.29, 1.82) is 0 Å². The molecule has 0 spiro atoms. The molecule has 5 rings (SSSR count). The number of ether oxygens (including phenoxy) is 2. The van der Waals surface area contributed by atoms with Crippen LogP contribution < -0.4 is 0 Å². The summed E-state index contributed by atoms with van der Waals surface area (Å²) in [6, 6.07) is 28.4. The molecule has 0 aromatic heterocycles. The van der Waals surface area contributed by atoms with E-state index in [0.717, 1.165) is 22.3 Å². The highest BCUT2D eigenvalue weighted by Crippen LogP contribution is 2.39. The third-order valence-corrected chi connectivity index (χ3v) is 5.05. The summed E-state index contributed by atoms with van der Waals surface area (Å²) in [6.07, 6.45) is 2.78. The summed E-state index contributed by atoms with van der Waals surface area (Å²) in [5.74, 6) is 0. The molecule has 2 heterocycles. The normalized spacial score (nSPS) is 26.0. The van der Waals surface area contributed by atoms with Crippen LogP contribution in [0.25, 0.3) is 0 Å². The third-order valence-electron chi connectivity index (χ3n) is 5.05. The van der Waals surface area contributed by atoms with Crippen molar-refractivity contribution < 1.29 is 9.47 Å². The second-order valence-electron chi connectivity index (χ2n) is 6.86. The summed E-state index contributed by atoms with van der Waals surface area (Å²) in [7, 11) is 0. The van der Waals surface area contributed by atoms with Crippen LogP contribution in [0.5, 0.6) is 0 Å². The molecule has 2 aliphatic rings. The highest BCUT2D eigenvalue weighted by atomic mass is 16.5. The van der Waals surface area contributed by atoms with Gasteiger partial charge in [-0.1, -0.05) is 84.9 Å². The molecule has 0 saturated carbocycles. The average molecular weight is 368 g/mol. The van der Waals surface area contributed by atoms with Crippen LogP contribution in [-0.2, 0) is 9.47 Å². The molecular weight excluding hydrogens is 348 g/mol. The molecule has 0 N–H and O–H groups in total. The molecule has 0 bridgehead atoms. The average Bonchev–Trinajstić information content (AvgIpc) is 3.45. The molecule has 3 aromatic carbocycles. The van der Waals surface area contributed by atoms with Gasteiger partial charge in [-0.05, 0) is 11.1 Å². The molecule has 138 valence electrons. The Bertz CT molecular complexity index is 919. The van der Waals surface area contributed by atoms with Crippen molar-refractivity contribution in [3.05, 3.63) is 107 Å². The van der Waals surface area contributed by atoms with Gasteiger partial charge in [-0.25, -0.2) is 0 Å². The Kier molecular flexibility index (Phi) is 4.57. The lowest BCUT2D eigenvalue weighted by atomic mass is 10.0. The summed E-state index contributed by atoms with van der Waals surface area (Å²) in [5, 5.41) is 0. The molecular formula is C24H20N2O2. The van der Waals surface area contributed by atoms with E-state index in [4.69, 9.17) is 9.47 Å². The van der Waals surface area contributed by atoms with E-state index in [9.17, 15) is 0 Å². The molecule has 0 amide bonds. The zero-order valence-corrected chi connectivity index (χ0v) is 15.3. The smallest absolute Gasteiger partial charge is 0.175 e. The minimum Gasteiger partial charge on any atom is -0.339 e. The molecule has 4 atom stereocenters. The Morgan fingerprint density at radius 3 is 1.32 bits per heavy atom. The zero-order chi connectivity index (χ0) is 18.8. The van der Waals surface area contributed by atoms with Crippen LogP contribution in [-0.4, -0.2) is 12.4 Å². The molecule has 0 saturated heterocycles. The largest absolute Gasteiger partial charge is 0.339 e. The maximum absolute atomic E-state index is 6.22. The van der Waals surface area contributed by atoms with Crippen molar-refractivity contribution in [3.63, 3.8) is 0 Å². The highest BCUT2D eigenvalue weighted by Gasteiger charge is 2.30. The Balaban J connectivity index is 1.36. The summed E-state index contributed by atoms with van der Waals surface area (Å²) in [6.45, 7) is 0. The maximum atomic E-state index is 6.22. The number of aliphatic imine (C=N–C) groups is 2. The fraction of sp³-hybridized carbons (Fsp3) is 0.167. The first-order valence-corrected chi connectivity index (χ1v) is 9.45. The Hall–Kier alpha value is -3.08. The van der Waals surface area contributed by atoms with E-state index in [1.165, 1.54) is 0 Å². The van der Waals surface area contributed by atoms with Crippen molar-refractivity contribution in [3.8, 4) is 0 Å². The van der Waals surface area contributed by atoms with Gasteiger partial charge in [-0.15, -0.1) is 0 Å². The summed E-state index contributed by atoms with van der Waals surface area (Å²) in [4.78, 5) is 9.24. The van der Waals surface area contributed by atoms with Gasteiger partial charge in [0.25, 0.3) is 0 Å². The molecule has 0 aliphatic carbocycles. The molecule has 4 heteroatoms. The van der Waals surface area contributed by atoms with E-state index in [-0.39, 0.29) is 24.7 Å². The van der Waals surface area contributed by atoms with E-state index in [2.05, 4.69) is 34.3 Å². The van der Waals surface area contributed by atoms with E-state index in [1.54, 1.807) is 0 Å². The van der Waals surface area contributed by atoms with Gasteiger partial charge in [-0.2, -0.15) is 0 Å². The predicted octanol–water partition coefficient (Wildman–Crippen LogP) is 5.37. The standard InChI is InChI=1S/C24H20N2O2/c1-3-9-17(10-4-1)21-15-25-23(27-21)19-13-7-8-14-20(19)24-26-16-22(28-24)18-11-5-2-6-12-18/h1-16,21-24H. The molecule has 0 fully saturated rings. The van der Waals surface area contributed by atoms with Crippen LogP contribution in [0.15, 0.2) is 94.9 Å². The number of benzene rings is 3. The minimum atomic E-state index is -0.351. The van der Waals surface area contributed by atoms with Crippen molar-refractivity contribution in [2.75, 3.05) is 0 Å². The van der Waals surface area contributed by atoms with Gasteiger partial charge in [0, 0.05) is 23.6 Å². The predicted molar refractivity (Wildman–Crippen MR) is 109 cm³/mol. The van der Waals surface area contributed by atoms with Gasteiger partial charge in [0.2, 0.25) is 0 Å². The van der Waals surface area contributed by atoms with Crippen LogP contribution in [0.1, 0.15) is 46.9 Å². The van der Waals surface area contributed by atoms with Crippen molar-refractivity contribution in [2.24, 2.45) is 9.98 Å². The third kappa shape index (κ3) is 3.28. The van der Waals surface area contributed by atoms with Gasteiger partial charge < -0.3 is 9.47 Å². The lowest BCUT2D eigenvalue weighted by molar-refractivity contribution is 0.0353. The van der Waals surface area contributed by atoms with E-state index in [0.29, 0.717) is 0 Å². The summed E-state index contributed by atoms with van der Waals surface area (Å²) in [5.41, 5.74) is 4.19. The van der Waals surface area contributed by atoms with Gasteiger partial charge in [0.1, 0.15) is 12.2 Å². The molecule has 4 unspecified atom stereocenters. The van der Waals surface area contributed by atoms with Gasteiger partial charge in [0.15, 0.2) is 12.5 Å². The Morgan fingerprint density at radius 1 is 0.500 bits per heavy atom. The Morgan fingerprint density at radius 2 is 0.893 bits per heavy atom. The molecule has 3 aromatic rings. The van der Waals surface area contributed by atoms with Crippen LogP contribution in [0.4, 0.5) is 0 Å². The topological polar surface area (TPSA) is 43.2 Å². The van der Waals surface area contributed by atoms with Crippen molar-refractivity contribution in [2.45, 2.75) is 24.7 Å². The second kappa shape index (κ2) is 7.50. The lowest BCUT2D eigenvalue weighted by Crippen LogP contribution is -2.08. The number of hydrogen-bond acceptors (Lipinski definition) is 4. The monoisotopic (exact) mass is 368 g/mol. The molecule has 4 nitrogen and oxygen atoms in total. The van der Waals surface area contributed by atoms with Gasteiger partial charge in [-0.3, -0.25) is 9.98 Å². The SMILES string of the molecule is C1=NC(c2ccccc2C2N=CC(c3ccccc3)O2)OC1c1ccccc1. The Labute approximate surface area is 164 Å². The summed E-state index contributed by atoms with van der Waals surface area (Å²) >= 11 is 0. The fourth-order valence-corrected chi connectivity index (χ4v) is 3.61. The van der Waals surface area contributed by atoms with Crippen LogP contribution >= 0.6 is 0 Å². The number of rotatable bonds is 4. The number of nitrogens with zero attached hydrogens (tertiary/aromatic N) is 2. The molecule has 28 heavy (non-hydrogen) atoms. The number of hydrogen-bond donors (Lipinski definition) is 0. The van der Waals surface area contributed by atoms with Crippen LogP contribution in [0.3, 0.4) is 0 Å². The quantitative estimate of drug-likeness (QED) is 0.621. The maximum Gasteiger partial charge on any atom is 0.175 e. The minimum absolute atomic E-state index is 0.135. The molecule has 2 aliphatic heterocycles. The van der Waals surface area contributed by atoms with Crippen molar-refractivity contribution in [1.82, 2.24) is 0 Å². The fourth-order valence-electron chi connectivity index (χ4n) is 3.61. The van der Waals surface area contributed by atoms with E-state index in [1.807, 2.05) is 73.1 Å². The van der Waals surface area contributed by atoms with E-state index >= 15 is 0 Å². The second-order valence-corrected chi connectivity index (χ2v) is 6.86. The first kappa shape index (κ1) is 17.0. The van der Waals surface area contributed by atoms with E-state index < -0.39 is 0 Å². The van der Waals surface area contributed by atoms with Crippen LogP contribution in [0, 0.1) is 0 Å².